The molecule has 0 fully saturated rings. The van der Waals surface area contributed by atoms with E-state index in [4.69, 9.17) is 10.5 Å². The SMILES string of the molecule is COC(=O)Cc1cc(OC)cc(N)c1F. The van der Waals surface area contributed by atoms with Crippen molar-refractivity contribution in [3.63, 3.8) is 0 Å². The van der Waals surface area contributed by atoms with Gasteiger partial charge >= 0.3 is 5.97 Å². The van der Waals surface area contributed by atoms with Crippen LogP contribution in [0.3, 0.4) is 0 Å². The second-order valence-corrected chi connectivity index (χ2v) is 2.94. The second kappa shape index (κ2) is 4.63. The van der Waals surface area contributed by atoms with Gasteiger partial charge in [0.25, 0.3) is 0 Å². The van der Waals surface area contributed by atoms with Crippen LogP contribution in [-0.4, -0.2) is 20.2 Å². The summed E-state index contributed by atoms with van der Waals surface area (Å²) in [5.41, 5.74) is 5.52. The summed E-state index contributed by atoms with van der Waals surface area (Å²) in [7, 11) is 2.68. The maximum absolute atomic E-state index is 13.4. The van der Waals surface area contributed by atoms with Crippen molar-refractivity contribution in [2.75, 3.05) is 20.0 Å². The van der Waals surface area contributed by atoms with E-state index in [0.717, 1.165) is 0 Å². The van der Waals surface area contributed by atoms with Gasteiger partial charge in [-0.15, -0.1) is 0 Å². The van der Waals surface area contributed by atoms with E-state index in [1.807, 2.05) is 0 Å². The zero-order valence-electron chi connectivity index (χ0n) is 8.54. The monoisotopic (exact) mass is 213 g/mol. The number of hydrogen-bond donors (Lipinski definition) is 1. The fraction of sp³-hybridized carbons (Fsp3) is 0.300. The first-order valence-corrected chi connectivity index (χ1v) is 4.27. The van der Waals surface area contributed by atoms with E-state index in [1.165, 1.54) is 26.4 Å². The molecular formula is C10H12FNO3. The van der Waals surface area contributed by atoms with Crippen LogP contribution in [0.1, 0.15) is 5.56 Å². The molecule has 0 radical (unpaired) electrons. The Balaban J connectivity index is 3.05. The van der Waals surface area contributed by atoms with Crippen LogP contribution in [0.15, 0.2) is 12.1 Å². The van der Waals surface area contributed by atoms with Gasteiger partial charge in [0, 0.05) is 11.6 Å². The minimum absolute atomic E-state index is 0.0479. The number of halogens is 1. The summed E-state index contributed by atoms with van der Waals surface area (Å²) in [6, 6.07) is 2.78. The Morgan fingerprint density at radius 3 is 2.67 bits per heavy atom. The lowest BCUT2D eigenvalue weighted by atomic mass is 10.1. The Labute approximate surface area is 86.8 Å². The normalized spacial score (nSPS) is 9.80. The van der Waals surface area contributed by atoms with Crippen molar-refractivity contribution in [2.24, 2.45) is 0 Å². The lowest BCUT2D eigenvalue weighted by Gasteiger charge is -2.07. The van der Waals surface area contributed by atoms with Crippen molar-refractivity contribution in [1.82, 2.24) is 0 Å². The summed E-state index contributed by atoms with van der Waals surface area (Å²) in [6.07, 6.45) is -0.163. The van der Waals surface area contributed by atoms with E-state index in [9.17, 15) is 9.18 Å². The van der Waals surface area contributed by atoms with E-state index in [2.05, 4.69) is 4.74 Å². The van der Waals surface area contributed by atoms with Crippen LogP contribution in [0.2, 0.25) is 0 Å². The van der Waals surface area contributed by atoms with Gasteiger partial charge in [-0.25, -0.2) is 4.39 Å². The van der Waals surface area contributed by atoms with E-state index >= 15 is 0 Å². The van der Waals surface area contributed by atoms with E-state index in [1.54, 1.807) is 0 Å². The summed E-state index contributed by atoms with van der Waals surface area (Å²) in [6.45, 7) is 0. The molecular weight excluding hydrogens is 201 g/mol. The number of benzene rings is 1. The molecule has 0 heterocycles. The second-order valence-electron chi connectivity index (χ2n) is 2.94. The molecule has 82 valence electrons. The van der Waals surface area contributed by atoms with Gasteiger partial charge in [-0.2, -0.15) is 0 Å². The van der Waals surface area contributed by atoms with Gasteiger partial charge in [0.1, 0.15) is 11.6 Å². The van der Waals surface area contributed by atoms with Gasteiger partial charge in [-0.3, -0.25) is 4.79 Å². The topological polar surface area (TPSA) is 61.5 Å². The van der Waals surface area contributed by atoms with Crippen molar-refractivity contribution < 1.29 is 18.7 Å². The van der Waals surface area contributed by atoms with Crippen LogP contribution in [0.25, 0.3) is 0 Å². The molecule has 0 atom stereocenters. The summed E-state index contributed by atoms with van der Waals surface area (Å²) >= 11 is 0. The van der Waals surface area contributed by atoms with Crippen LogP contribution >= 0.6 is 0 Å². The highest BCUT2D eigenvalue weighted by atomic mass is 19.1. The van der Waals surface area contributed by atoms with Gasteiger partial charge in [-0.05, 0) is 6.07 Å². The number of esters is 1. The minimum atomic E-state index is -0.610. The molecule has 0 unspecified atom stereocenters. The van der Waals surface area contributed by atoms with Gasteiger partial charge in [-0.1, -0.05) is 0 Å². The number of carbonyl (C=O) groups excluding carboxylic acids is 1. The quantitative estimate of drug-likeness (QED) is 0.604. The molecule has 0 aromatic heterocycles. The van der Waals surface area contributed by atoms with Crippen LogP contribution in [0.5, 0.6) is 5.75 Å². The van der Waals surface area contributed by atoms with Crippen LogP contribution in [0.4, 0.5) is 10.1 Å². The number of nitrogens with two attached hydrogens (primary N) is 1. The first-order valence-electron chi connectivity index (χ1n) is 4.27. The van der Waals surface area contributed by atoms with Gasteiger partial charge in [0.05, 0.1) is 26.3 Å². The molecule has 1 aromatic rings. The average molecular weight is 213 g/mol. The zero-order valence-corrected chi connectivity index (χ0v) is 8.54. The largest absolute Gasteiger partial charge is 0.497 e. The summed E-state index contributed by atoms with van der Waals surface area (Å²) in [5, 5.41) is 0. The third-order valence-corrected chi connectivity index (χ3v) is 1.95. The van der Waals surface area contributed by atoms with Gasteiger partial charge in [0.15, 0.2) is 0 Å². The molecule has 0 aliphatic heterocycles. The standard InChI is InChI=1S/C10H12FNO3/c1-14-7-3-6(4-9(13)15-2)10(11)8(12)5-7/h3,5H,4,12H2,1-2H3. The van der Waals surface area contributed by atoms with Crippen molar-refractivity contribution in [3.05, 3.63) is 23.5 Å². The molecule has 5 heteroatoms. The lowest BCUT2D eigenvalue weighted by Crippen LogP contribution is -2.08. The molecule has 0 aliphatic carbocycles. The molecule has 0 saturated carbocycles. The van der Waals surface area contributed by atoms with Crippen molar-refractivity contribution in [2.45, 2.75) is 6.42 Å². The number of nitrogen functional groups attached to an aromatic ring is 1. The predicted octanol–water partition coefficient (Wildman–Crippen LogP) is 1.13. The lowest BCUT2D eigenvalue weighted by molar-refractivity contribution is -0.139. The highest BCUT2D eigenvalue weighted by molar-refractivity contribution is 5.73. The first-order chi connectivity index (χ1) is 7.08. The molecule has 2 N–H and O–H groups in total. The highest BCUT2D eigenvalue weighted by Crippen LogP contribution is 2.23. The van der Waals surface area contributed by atoms with Gasteiger partial charge < -0.3 is 15.2 Å². The molecule has 4 nitrogen and oxygen atoms in total. The third-order valence-electron chi connectivity index (χ3n) is 1.95. The van der Waals surface area contributed by atoms with Crippen LogP contribution in [0, 0.1) is 5.82 Å². The zero-order chi connectivity index (χ0) is 11.4. The van der Waals surface area contributed by atoms with E-state index < -0.39 is 11.8 Å². The van der Waals surface area contributed by atoms with Crippen LogP contribution < -0.4 is 10.5 Å². The number of ether oxygens (including phenoxy) is 2. The van der Waals surface area contributed by atoms with E-state index in [-0.39, 0.29) is 17.7 Å². The molecule has 0 aliphatic rings. The molecule has 1 rings (SSSR count). The Kier molecular flexibility index (Phi) is 3.49. The minimum Gasteiger partial charge on any atom is -0.497 e. The summed E-state index contributed by atoms with van der Waals surface area (Å²) in [5.74, 6) is -0.726. The fourth-order valence-corrected chi connectivity index (χ4v) is 1.15. The van der Waals surface area contributed by atoms with Crippen molar-refractivity contribution >= 4 is 11.7 Å². The summed E-state index contributed by atoms with van der Waals surface area (Å²) < 4.78 is 22.8. The maximum atomic E-state index is 13.4. The smallest absolute Gasteiger partial charge is 0.310 e. The third kappa shape index (κ3) is 2.59. The number of anilines is 1. The highest BCUT2D eigenvalue weighted by Gasteiger charge is 2.12. The number of carbonyl (C=O) groups is 1. The van der Waals surface area contributed by atoms with Crippen molar-refractivity contribution in [3.8, 4) is 5.75 Å². The molecule has 0 amide bonds. The van der Waals surface area contributed by atoms with Crippen LogP contribution in [-0.2, 0) is 16.0 Å². The Morgan fingerprint density at radius 2 is 2.13 bits per heavy atom. The number of methoxy groups -OCH3 is 2. The Hall–Kier alpha value is -1.78. The fourth-order valence-electron chi connectivity index (χ4n) is 1.15. The van der Waals surface area contributed by atoms with E-state index in [0.29, 0.717) is 5.75 Å². The molecule has 0 bridgehead atoms. The predicted molar refractivity (Wildman–Crippen MR) is 53.1 cm³/mol. The maximum Gasteiger partial charge on any atom is 0.310 e. The van der Waals surface area contributed by atoms with Gasteiger partial charge in [0.2, 0.25) is 0 Å². The molecule has 15 heavy (non-hydrogen) atoms. The first kappa shape index (κ1) is 11.3. The molecule has 0 spiro atoms. The number of hydrogen-bond acceptors (Lipinski definition) is 4. The number of rotatable bonds is 3. The average Bonchev–Trinajstić information content (AvgIpc) is 2.24. The Morgan fingerprint density at radius 1 is 1.47 bits per heavy atom. The summed E-state index contributed by atoms with van der Waals surface area (Å²) in [4.78, 5) is 11.0. The van der Waals surface area contributed by atoms with Crippen molar-refractivity contribution in [1.29, 1.82) is 0 Å². The molecule has 0 saturated heterocycles. The molecule has 1 aromatic carbocycles. The Bertz CT molecular complexity index is 379.